The molecule has 0 aromatic heterocycles. The Bertz CT molecular complexity index is 759. The van der Waals surface area contributed by atoms with E-state index in [1.807, 2.05) is 24.3 Å². The lowest BCUT2D eigenvalue weighted by atomic mass is 9.95. The molecule has 3 nitrogen and oxygen atoms in total. The minimum Gasteiger partial charge on any atom is -0.465 e. The quantitative estimate of drug-likeness (QED) is 0.819. The first-order valence-electron chi connectivity index (χ1n) is 8.49. The molecule has 0 unspecified atom stereocenters. The van der Waals surface area contributed by atoms with Crippen LogP contribution in [-0.4, -0.2) is 18.1 Å². The number of carbonyl (C=O) groups excluding carboxylic acids is 1. The molecule has 6 heteroatoms. The van der Waals surface area contributed by atoms with E-state index in [4.69, 9.17) is 4.74 Å². The largest absolute Gasteiger partial charge is 0.465 e. The molecule has 1 aliphatic rings. The first kappa shape index (κ1) is 18.5. The van der Waals surface area contributed by atoms with E-state index in [-0.39, 0.29) is 19.1 Å². The lowest BCUT2D eigenvalue weighted by Crippen LogP contribution is -2.53. The van der Waals surface area contributed by atoms with E-state index in [1.165, 1.54) is 12.1 Å². The second kappa shape index (κ2) is 7.11. The standard InChI is InChI=1S/C20H20F3NO2/c1-2-26-18(25)19(11-15-5-3-4-6-16(15)12-19)24-13-14-7-9-17(10-8-14)20(21,22)23/h3-10,24H,2,11-13H2,1H3. The zero-order chi connectivity index (χ0) is 18.8. The van der Waals surface area contributed by atoms with Crippen molar-refractivity contribution < 1.29 is 22.7 Å². The summed E-state index contributed by atoms with van der Waals surface area (Å²) in [5, 5.41) is 3.25. The molecule has 3 rings (SSSR count). The molecule has 0 aliphatic heterocycles. The third kappa shape index (κ3) is 3.75. The lowest BCUT2D eigenvalue weighted by molar-refractivity contribution is -0.151. The van der Waals surface area contributed by atoms with Crippen molar-refractivity contribution in [3.8, 4) is 0 Å². The summed E-state index contributed by atoms with van der Waals surface area (Å²) in [5.74, 6) is -0.330. The Hall–Kier alpha value is -2.34. The number of fused-ring (bicyclic) bond motifs is 1. The van der Waals surface area contributed by atoms with Gasteiger partial charge in [0.15, 0.2) is 0 Å². The average Bonchev–Trinajstić information content (AvgIpc) is 3.00. The van der Waals surface area contributed by atoms with Gasteiger partial charge in [-0.25, -0.2) is 0 Å². The van der Waals surface area contributed by atoms with E-state index < -0.39 is 17.3 Å². The summed E-state index contributed by atoms with van der Waals surface area (Å²) in [6, 6.07) is 12.8. The van der Waals surface area contributed by atoms with Gasteiger partial charge >= 0.3 is 12.1 Å². The van der Waals surface area contributed by atoms with Crippen molar-refractivity contribution in [2.45, 2.75) is 38.0 Å². The molecule has 2 aromatic carbocycles. The fourth-order valence-corrected chi connectivity index (χ4v) is 3.31. The van der Waals surface area contributed by atoms with Gasteiger partial charge in [0.05, 0.1) is 12.2 Å². The van der Waals surface area contributed by atoms with Crippen LogP contribution in [0.5, 0.6) is 0 Å². The topological polar surface area (TPSA) is 38.3 Å². The number of ether oxygens (including phenoxy) is 1. The van der Waals surface area contributed by atoms with Crippen molar-refractivity contribution in [1.82, 2.24) is 5.32 Å². The summed E-state index contributed by atoms with van der Waals surface area (Å²) >= 11 is 0. The highest BCUT2D eigenvalue weighted by molar-refractivity contribution is 5.83. The van der Waals surface area contributed by atoms with Crippen molar-refractivity contribution >= 4 is 5.97 Å². The second-order valence-corrected chi connectivity index (χ2v) is 6.47. The van der Waals surface area contributed by atoms with Crippen molar-refractivity contribution in [3.05, 3.63) is 70.8 Å². The van der Waals surface area contributed by atoms with E-state index >= 15 is 0 Å². The number of nitrogens with one attached hydrogen (secondary N) is 1. The Morgan fingerprint density at radius 2 is 1.65 bits per heavy atom. The van der Waals surface area contributed by atoms with Gasteiger partial charge in [-0.1, -0.05) is 36.4 Å². The number of rotatable bonds is 5. The molecule has 0 saturated heterocycles. The number of hydrogen-bond acceptors (Lipinski definition) is 3. The van der Waals surface area contributed by atoms with Crippen LogP contribution in [-0.2, 0) is 35.1 Å². The van der Waals surface area contributed by atoms with Crippen LogP contribution >= 0.6 is 0 Å². The highest BCUT2D eigenvalue weighted by atomic mass is 19.4. The molecule has 0 atom stereocenters. The Labute approximate surface area is 150 Å². The Morgan fingerprint density at radius 1 is 1.08 bits per heavy atom. The molecule has 26 heavy (non-hydrogen) atoms. The minimum absolute atomic E-state index is 0.277. The van der Waals surface area contributed by atoms with Crippen LogP contribution in [0.2, 0.25) is 0 Å². The van der Waals surface area contributed by atoms with E-state index in [9.17, 15) is 18.0 Å². The summed E-state index contributed by atoms with van der Waals surface area (Å²) in [6.07, 6.45) is -3.35. The van der Waals surface area contributed by atoms with Crippen molar-refractivity contribution in [2.75, 3.05) is 6.61 Å². The van der Waals surface area contributed by atoms with Gasteiger partial charge in [-0.2, -0.15) is 13.2 Å². The van der Waals surface area contributed by atoms with Crippen molar-refractivity contribution in [3.63, 3.8) is 0 Å². The maximum absolute atomic E-state index is 12.7. The Kier molecular flexibility index (Phi) is 5.05. The number of halogens is 3. The van der Waals surface area contributed by atoms with Crippen LogP contribution in [0.3, 0.4) is 0 Å². The van der Waals surface area contributed by atoms with Gasteiger partial charge in [0.25, 0.3) is 0 Å². The van der Waals surface area contributed by atoms with Crippen LogP contribution in [0.1, 0.15) is 29.2 Å². The third-order valence-corrected chi connectivity index (χ3v) is 4.68. The molecule has 2 aromatic rings. The normalized spacial score (nSPS) is 15.5. The Morgan fingerprint density at radius 3 is 2.15 bits per heavy atom. The maximum atomic E-state index is 12.7. The van der Waals surface area contributed by atoms with Gasteiger partial charge in [0.1, 0.15) is 5.54 Å². The molecule has 0 heterocycles. The first-order chi connectivity index (χ1) is 12.3. The van der Waals surface area contributed by atoms with Crippen LogP contribution in [0.25, 0.3) is 0 Å². The van der Waals surface area contributed by atoms with Crippen LogP contribution in [0.4, 0.5) is 13.2 Å². The van der Waals surface area contributed by atoms with Crippen molar-refractivity contribution in [1.29, 1.82) is 0 Å². The van der Waals surface area contributed by atoms with Gasteiger partial charge in [-0.05, 0) is 35.7 Å². The number of esters is 1. The Balaban J connectivity index is 1.77. The van der Waals surface area contributed by atoms with Crippen LogP contribution < -0.4 is 5.32 Å². The molecule has 0 bridgehead atoms. The molecule has 0 amide bonds. The minimum atomic E-state index is -4.36. The van der Waals surface area contributed by atoms with E-state index in [1.54, 1.807) is 6.92 Å². The SMILES string of the molecule is CCOC(=O)C1(NCc2ccc(C(F)(F)F)cc2)Cc2ccccc2C1. The van der Waals surface area contributed by atoms with Gasteiger partial charge in [-0.3, -0.25) is 10.1 Å². The number of hydrogen-bond donors (Lipinski definition) is 1. The van der Waals surface area contributed by atoms with E-state index in [0.29, 0.717) is 18.4 Å². The van der Waals surface area contributed by atoms with Crippen LogP contribution in [0, 0.1) is 0 Å². The van der Waals surface area contributed by atoms with Crippen LogP contribution in [0.15, 0.2) is 48.5 Å². The van der Waals surface area contributed by atoms with Gasteiger partial charge < -0.3 is 4.74 Å². The highest BCUT2D eigenvalue weighted by Gasteiger charge is 2.44. The molecule has 0 spiro atoms. The maximum Gasteiger partial charge on any atom is 0.416 e. The summed E-state index contributed by atoms with van der Waals surface area (Å²) in [6.45, 7) is 2.31. The fourth-order valence-electron chi connectivity index (χ4n) is 3.31. The predicted molar refractivity (Wildman–Crippen MR) is 91.5 cm³/mol. The van der Waals surface area contributed by atoms with Gasteiger partial charge in [0, 0.05) is 19.4 Å². The molecular formula is C20H20F3NO2. The summed E-state index contributed by atoms with van der Waals surface area (Å²) in [5.41, 5.74) is 1.27. The number of benzene rings is 2. The molecule has 0 fully saturated rings. The van der Waals surface area contributed by atoms with Crippen molar-refractivity contribution in [2.24, 2.45) is 0 Å². The fraction of sp³-hybridized carbons (Fsp3) is 0.350. The third-order valence-electron chi connectivity index (χ3n) is 4.68. The van der Waals surface area contributed by atoms with E-state index in [0.717, 1.165) is 23.3 Å². The molecule has 0 radical (unpaired) electrons. The molecule has 0 saturated carbocycles. The monoisotopic (exact) mass is 363 g/mol. The van der Waals surface area contributed by atoms with E-state index in [2.05, 4.69) is 5.32 Å². The summed E-state index contributed by atoms with van der Waals surface area (Å²) in [4.78, 5) is 12.6. The molecule has 1 N–H and O–H groups in total. The average molecular weight is 363 g/mol. The molecular weight excluding hydrogens is 343 g/mol. The first-order valence-corrected chi connectivity index (χ1v) is 8.49. The highest BCUT2D eigenvalue weighted by Crippen LogP contribution is 2.32. The van der Waals surface area contributed by atoms with Gasteiger partial charge in [0.2, 0.25) is 0 Å². The zero-order valence-corrected chi connectivity index (χ0v) is 14.4. The predicted octanol–water partition coefficient (Wildman–Crippen LogP) is 3.90. The smallest absolute Gasteiger partial charge is 0.416 e. The summed E-state index contributed by atoms with van der Waals surface area (Å²) in [7, 11) is 0. The second-order valence-electron chi connectivity index (χ2n) is 6.47. The number of carbonyl (C=O) groups is 1. The summed E-state index contributed by atoms with van der Waals surface area (Å²) < 4.78 is 43.3. The number of alkyl halides is 3. The zero-order valence-electron chi connectivity index (χ0n) is 14.4. The molecule has 138 valence electrons. The van der Waals surface area contributed by atoms with Gasteiger partial charge in [-0.15, -0.1) is 0 Å². The molecule has 1 aliphatic carbocycles. The lowest BCUT2D eigenvalue weighted by Gasteiger charge is -2.28.